The molecule has 0 nitrogen and oxygen atoms in total. The van der Waals surface area contributed by atoms with Gasteiger partial charge in [0.1, 0.15) is 11.6 Å². The van der Waals surface area contributed by atoms with Gasteiger partial charge in [0.15, 0.2) is 0 Å². The fraction of sp³-hybridized carbons (Fsp3) is 0.538. The van der Waals surface area contributed by atoms with Crippen molar-refractivity contribution < 1.29 is 8.78 Å². The second-order valence-electron chi connectivity index (χ2n) is 4.09. The van der Waals surface area contributed by atoms with Crippen LogP contribution in [0.1, 0.15) is 48.6 Å². The van der Waals surface area contributed by atoms with Crippen LogP contribution in [-0.4, -0.2) is 0 Å². The molecule has 0 radical (unpaired) electrons. The van der Waals surface area contributed by atoms with Crippen molar-refractivity contribution in [3.8, 4) is 0 Å². The Balaban J connectivity index is 2.75. The van der Waals surface area contributed by atoms with Crippen LogP contribution in [0.25, 0.3) is 0 Å². The number of benzene rings is 1. The first kappa shape index (κ1) is 13.6. The summed E-state index contributed by atoms with van der Waals surface area (Å²) in [5.41, 5.74) is 0.786. The second kappa shape index (κ2) is 6.33. The highest BCUT2D eigenvalue weighted by Gasteiger charge is 2.14. The topological polar surface area (TPSA) is 0 Å². The van der Waals surface area contributed by atoms with E-state index in [4.69, 9.17) is 0 Å². The Labute approximate surface area is 104 Å². The Morgan fingerprint density at radius 2 is 1.88 bits per heavy atom. The maximum atomic E-state index is 13.6. The van der Waals surface area contributed by atoms with Crippen molar-refractivity contribution in [1.29, 1.82) is 0 Å². The molecule has 0 amide bonds. The summed E-state index contributed by atoms with van der Waals surface area (Å²) in [6, 6.07) is 2.56. The highest BCUT2D eigenvalue weighted by molar-refractivity contribution is 9.09. The summed E-state index contributed by atoms with van der Waals surface area (Å²) in [5.74, 6) is -0.659. The van der Waals surface area contributed by atoms with Crippen LogP contribution in [0.3, 0.4) is 0 Å². The van der Waals surface area contributed by atoms with Crippen LogP contribution in [0.4, 0.5) is 8.78 Å². The molecule has 1 rings (SSSR count). The van der Waals surface area contributed by atoms with E-state index in [0.717, 1.165) is 25.7 Å². The number of hydrogen-bond acceptors (Lipinski definition) is 0. The number of unbranched alkanes of at least 4 members (excludes halogenated alkanes) is 2. The van der Waals surface area contributed by atoms with Crippen LogP contribution < -0.4 is 0 Å². The predicted octanol–water partition coefficient (Wildman–Crippen LogP) is 5.29. The zero-order valence-electron chi connectivity index (χ0n) is 9.69. The molecule has 1 unspecified atom stereocenters. The Morgan fingerprint density at radius 3 is 2.50 bits per heavy atom. The third-order valence-electron chi connectivity index (χ3n) is 2.68. The predicted molar refractivity (Wildman–Crippen MR) is 66.9 cm³/mol. The van der Waals surface area contributed by atoms with E-state index in [9.17, 15) is 8.78 Å². The number of halogens is 3. The molecular formula is C13H17BrF2. The van der Waals surface area contributed by atoms with Crippen molar-refractivity contribution in [2.24, 2.45) is 0 Å². The molecule has 3 heteroatoms. The van der Waals surface area contributed by atoms with Gasteiger partial charge in [0.05, 0.1) is 0 Å². The third-order valence-corrected chi connectivity index (χ3v) is 3.63. The molecule has 0 heterocycles. The standard InChI is InChI=1S/C13H17BrF2/c1-3-4-5-6-11(14)10-8-12(15)9(2)7-13(10)16/h7-8,11H,3-6H2,1-2H3. The molecule has 16 heavy (non-hydrogen) atoms. The quantitative estimate of drug-likeness (QED) is 0.511. The largest absolute Gasteiger partial charge is 0.207 e. The highest BCUT2D eigenvalue weighted by Crippen LogP contribution is 2.31. The normalized spacial score (nSPS) is 12.8. The minimum Gasteiger partial charge on any atom is -0.207 e. The Hall–Kier alpha value is -0.440. The molecule has 0 saturated carbocycles. The van der Waals surface area contributed by atoms with Crippen molar-refractivity contribution in [3.63, 3.8) is 0 Å². The highest BCUT2D eigenvalue weighted by atomic mass is 79.9. The van der Waals surface area contributed by atoms with Crippen LogP contribution in [0.5, 0.6) is 0 Å². The van der Waals surface area contributed by atoms with Crippen LogP contribution in [0.15, 0.2) is 12.1 Å². The zero-order valence-corrected chi connectivity index (χ0v) is 11.3. The molecule has 0 N–H and O–H groups in total. The maximum Gasteiger partial charge on any atom is 0.128 e. The third kappa shape index (κ3) is 3.55. The van der Waals surface area contributed by atoms with Crippen LogP contribution >= 0.6 is 15.9 Å². The lowest BCUT2D eigenvalue weighted by Gasteiger charge is -2.12. The Kier molecular flexibility index (Phi) is 5.39. The van der Waals surface area contributed by atoms with Gasteiger partial charge in [-0.15, -0.1) is 0 Å². The fourth-order valence-corrected chi connectivity index (χ4v) is 2.31. The minimum absolute atomic E-state index is 0.0888. The summed E-state index contributed by atoms with van der Waals surface area (Å²) >= 11 is 3.42. The van der Waals surface area contributed by atoms with Gasteiger partial charge in [-0.25, -0.2) is 8.78 Å². The number of aryl methyl sites for hydroxylation is 1. The van der Waals surface area contributed by atoms with E-state index < -0.39 is 0 Å². The average Bonchev–Trinajstić information content (AvgIpc) is 2.23. The molecule has 90 valence electrons. The summed E-state index contributed by atoms with van der Waals surface area (Å²) in [7, 11) is 0. The molecule has 0 spiro atoms. The maximum absolute atomic E-state index is 13.6. The van der Waals surface area contributed by atoms with E-state index in [2.05, 4.69) is 22.9 Å². The van der Waals surface area contributed by atoms with Crippen molar-refractivity contribution in [3.05, 3.63) is 34.9 Å². The monoisotopic (exact) mass is 290 g/mol. The van der Waals surface area contributed by atoms with Gasteiger partial charge in [0, 0.05) is 10.4 Å². The molecule has 1 aromatic rings. The Bertz CT molecular complexity index is 350. The summed E-state index contributed by atoms with van der Waals surface area (Å²) in [6.45, 7) is 3.69. The summed E-state index contributed by atoms with van der Waals surface area (Å²) < 4.78 is 26.9. The molecule has 0 fully saturated rings. The van der Waals surface area contributed by atoms with Crippen LogP contribution in [0.2, 0.25) is 0 Å². The summed E-state index contributed by atoms with van der Waals surface area (Å²) in [6.07, 6.45) is 4.12. The molecule has 0 aromatic heterocycles. The minimum atomic E-state index is -0.337. The lowest BCUT2D eigenvalue weighted by Crippen LogP contribution is -1.98. The van der Waals surface area contributed by atoms with Gasteiger partial charge >= 0.3 is 0 Å². The first-order valence-corrected chi connectivity index (χ1v) is 6.57. The van der Waals surface area contributed by atoms with Gasteiger partial charge in [0.2, 0.25) is 0 Å². The van der Waals surface area contributed by atoms with Gasteiger partial charge in [0.25, 0.3) is 0 Å². The van der Waals surface area contributed by atoms with Crippen LogP contribution in [-0.2, 0) is 0 Å². The van der Waals surface area contributed by atoms with E-state index in [1.54, 1.807) is 6.92 Å². The van der Waals surface area contributed by atoms with E-state index in [0.29, 0.717) is 11.1 Å². The fourth-order valence-electron chi connectivity index (χ4n) is 1.63. The Morgan fingerprint density at radius 1 is 1.19 bits per heavy atom. The van der Waals surface area contributed by atoms with Gasteiger partial charge in [-0.1, -0.05) is 42.1 Å². The molecule has 0 bridgehead atoms. The zero-order chi connectivity index (χ0) is 12.1. The lowest BCUT2D eigenvalue weighted by molar-refractivity contribution is 0.567. The average molecular weight is 291 g/mol. The molecule has 0 saturated heterocycles. The lowest BCUT2D eigenvalue weighted by atomic mass is 10.0. The molecule has 1 atom stereocenters. The number of alkyl halides is 1. The molecular weight excluding hydrogens is 274 g/mol. The van der Waals surface area contributed by atoms with Crippen molar-refractivity contribution in [2.45, 2.75) is 44.4 Å². The van der Waals surface area contributed by atoms with E-state index in [1.165, 1.54) is 12.1 Å². The van der Waals surface area contributed by atoms with Crippen molar-refractivity contribution in [2.75, 3.05) is 0 Å². The summed E-state index contributed by atoms with van der Waals surface area (Å²) in [4.78, 5) is -0.0888. The van der Waals surface area contributed by atoms with Gasteiger partial charge in [-0.05, 0) is 31.0 Å². The molecule has 0 aliphatic heterocycles. The van der Waals surface area contributed by atoms with E-state index in [-0.39, 0.29) is 16.5 Å². The second-order valence-corrected chi connectivity index (χ2v) is 5.19. The van der Waals surface area contributed by atoms with E-state index >= 15 is 0 Å². The van der Waals surface area contributed by atoms with Crippen molar-refractivity contribution in [1.82, 2.24) is 0 Å². The first-order chi connectivity index (χ1) is 7.56. The number of rotatable bonds is 5. The van der Waals surface area contributed by atoms with Gasteiger partial charge in [-0.2, -0.15) is 0 Å². The molecule has 1 aromatic carbocycles. The smallest absolute Gasteiger partial charge is 0.128 e. The van der Waals surface area contributed by atoms with Gasteiger partial charge < -0.3 is 0 Å². The van der Waals surface area contributed by atoms with Gasteiger partial charge in [-0.3, -0.25) is 0 Å². The SMILES string of the molecule is CCCCCC(Br)c1cc(F)c(C)cc1F. The number of hydrogen-bond donors (Lipinski definition) is 0. The van der Waals surface area contributed by atoms with E-state index in [1.807, 2.05) is 0 Å². The molecule has 0 aliphatic carbocycles. The first-order valence-electron chi connectivity index (χ1n) is 5.65. The van der Waals surface area contributed by atoms with Crippen molar-refractivity contribution >= 4 is 15.9 Å². The molecule has 0 aliphatic rings. The summed E-state index contributed by atoms with van der Waals surface area (Å²) in [5, 5.41) is 0. The van der Waals surface area contributed by atoms with Crippen LogP contribution in [0, 0.1) is 18.6 Å².